The average Bonchev–Trinajstić information content (AvgIpc) is 2.67. The first-order valence-electron chi connectivity index (χ1n) is 9.01. The summed E-state index contributed by atoms with van der Waals surface area (Å²) < 4.78 is 5.46. The Bertz CT molecular complexity index is 672. The molecule has 0 radical (unpaired) electrons. The number of hydrogen-bond acceptors (Lipinski definition) is 6. The summed E-state index contributed by atoms with van der Waals surface area (Å²) in [5.41, 5.74) is 2.19. The van der Waals surface area contributed by atoms with E-state index >= 15 is 0 Å². The molecule has 0 atom stereocenters. The van der Waals surface area contributed by atoms with Crippen LogP contribution in [0.25, 0.3) is 0 Å². The molecule has 25 heavy (non-hydrogen) atoms. The topological polar surface area (TPSA) is 53.5 Å². The highest BCUT2D eigenvalue weighted by Gasteiger charge is 2.15. The monoisotopic (exact) mass is 341 g/mol. The van der Waals surface area contributed by atoms with Crippen molar-refractivity contribution in [1.29, 1.82) is 0 Å². The molecule has 2 aromatic rings. The van der Waals surface area contributed by atoms with Crippen LogP contribution in [-0.2, 0) is 4.74 Å². The zero-order valence-corrected chi connectivity index (χ0v) is 15.1. The van der Waals surface area contributed by atoms with Crippen LogP contribution < -0.4 is 15.1 Å². The van der Waals surface area contributed by atoms with Gasteiger partial charge in [-0.25, -0.2) is 4.98 Å². The van der Waals surface area contributed by atoms with Crippen molar-refractivity contribution in [3.63, 3.8) is 0 Å². The Labute approximate surface area is 149 Å². The fraction of sp³-hybridized carbons (Fsp3) is 0.474. The predicted molar refractivity (Wildman–Crippen MR) is 103 cm³/mol. The smallest absolute Gasteiger partial charge is 0.229 e. The van der Waals surface area contributed by atoms with Gasteiger partial charge in [0.25, 0.3) is 0 Å². The number of nitrogens with zero attached hydrogens (tertiary/aromatic N) is 4. The first kappa shape index (κ1) is 17.5. The number of nitrogens with one attached hydrogen (secondary N) is 1. The lowest BCUT2D eigenvalue weighted by atomic mass is 10.2. The fourth-order valence-electron chi connectivity index (χ4n) is 2.91. The number of hydrogen-bond donors (Lipinski definition) is 1. The zero-order chi connectivity index (χ0) is 17.5. The third kappa shape index (κ3) is 4.60. The molecule has 0 bridgehead atoms. The molecule has 1 aliphatic rings. The Morgan fingerprint density at radius 3 is 2.80 bits per heavy atom. The molecule has 6 nitrogen and oxygen atoms in total. The predicted octanol–water partition coefficient (Wildman–Crippen LogP) is 3.29. The third-order valence-corrected chi connectivity index (χ3v) is 4.38. The van der Waals surface area contributed by atoms with E-state index < -0.39 is 0 Å². The number of aromatic nitrogens is 2. The van der Waals surface area contributed by atoms with Gasteiger partial charge in [0.2, 0.25) is 5.95 Å². The maximum atomic E-state index is 5.46. The van der Waals surface area contributed by atoms with Gasteiger partial charge in [0, 0.05) is 32.9 Å². The molecule has 134 valence electrons. The van der Waals surface area contributed by atoms with Crippen molar-refractivity contribution in [2.24, 2.45) is 0 Å². The minimum Gasteiger partial charge on any atom is -0.378 e. The Morgan fingerprint density at radius 1 is 1.20 bits per heavy atom. The molecule has 3 rings (SSSR count). The minimum atomic E-state index is 0.626. The number of morpholine rings is 1. The van der Waals surface area contributed by atoms with Gasteiger partial charge in [-0.05, 0) is 24.6 Å². The lowest BCUT2D eigenvalue weighted by Gasteiger charge is -2.30. The molecule has 6 heteroatoms. The molecule has 0 unspecified atom stereocenters. The molecular formula is C19H27N5O. The van der Waals surface area contributed by atoms with Gasteiger partial charge in [0.15, 0.2) is 0 Å². The Kier molecular flexibility index (Phi) is 6.06. The van der Waals surface area contributed by atoms with E-state index in [0.29, 0.717) is 5.95 Å². The molecule has 1 fully saturated rings. The Morgan fingerprint density at radius 2 is 2.00 bits per heavy atom. The highest BCUT2D eigenvalue weighted by Crippen LogP contribution is 2.28. The van der Waals surface area contributed by atoms with Crippen LogP contribution >= 0.6 is 0 Å². The van der Waals surface area contributed by atoms with E-state index in [9.17, 15) is 0 Å². The van der Waals surface area contributed by atoms with E-state index in [1.165, 1.54) is 12.1 Å². The number of anilines is 4. The number of ether oxygens (including phenoxy) is 1. The van der Waals surface area contributed by atoms with Crippen molar-refractivity contribution in [3.8, 4) is 0 Å². The summed E-state index contributed by atoms with van der Waals surface area (Å²) in [7, 11) is 2.07. The molecule has 1 aliphatic heterocycles. The summed E-state index contributed by atoms with van der Waals surface area (Å²) in [6.07, 6.45) is 4.14. The van der Waals surface area contributed by atoms with E-state index in [4.69, 9.17) is 4.74 Å². The van der Waals surface area contributed by atoms with Gasteiger partial charge in [-0.2, -0.15) is 4.98 Å². The molecule has 0 aliphatic carbocycles. The molecule has 2 heterocycles. The average molecular weight is 341 g/mol. The number of benzene rings is 1. The van der Waals surface area contributed by atoms with E-state index in [2.05, 4.69) is 57.3 Å². The standard InChI is InChI=1S/C19H27N5O/c1-3-4-11-23(2)18-9-10-20-19(22-18)21-16-7-5-6-8-17(16)24-12-14-25-15-13-24/h5-10H,3-4,11-15H2,1-2H3,(H,20,21,22). The zero-order valence-electron chi connectivity index (χ0n) is 15.1. The number of rotatable bonds is 7. The van der Waals surface area contributed by atoms with Gasteiger partial charge < -0.3 is 19.9 Å². The summed E-state index contributed by atoms with van der Waals surface area (Å²) in [5, 5.41) is 3.39. The molecular weight excluding hydrogens is 314 g/mol. The molecule has 0 amide bonds. The molecule has 0 saturated carbocycles. The summed E-state index contributed by atoms with van der Waals surface area (Å²) >= 11 is 0. The maximum absolute atomic E-state index is 5.46. The van der Waals surface area contributed by atoms with Crippen LogP contribution in [-0.4, -0.2) is 49.9 Å². The summed E-state index contributed by atoms with van der Waals surface area (Å²) in [4.78, 5) is 13.6. The molecule has 1 saturated heterocycles. The lowest BCUT2D eigenvalue weighted by molar-refractivity contribution is 0.123. The third-order valence-electron chi connectivity index (χ3n) is 4.38. The van der Waals surface area contributed by atoms with E-state index in [-0.39, 0.29) is 0 Å². The van der Waals surface area contributed by atoms with Crippen molar-refractivity contribution in [3.05, 3.63) is 36.5 Å². The van der Waals surface area contributed by atoms with Crippen LogP contribution in [0.2, 0.25) is 0 Å². The Hall–Kier alpha value is -2.34. The highest BCUT2D eigenvalue weighted by molar-refractivity contribution is 5.73. The van der Waals surface area contributed by atoms with Crippen molar-refractivity contribution in [2.75, 3.05) is 55.0 Å². The van der Waals surface area contributed by atoms with Crippen molar-refractivity contribution in [1.82, 2.24) is 9.97 Å². The second-order valence-electron chi connectivity index (χ2n) is 6.26. The number of para-hydroxylation sites is 2. The van der Waals surface area contributed by atoms with Crippen molar-refractivity contribution < 1.29 is 4.74 Å². The first-order chi connectivity index (χ1) is 12.3. The first-order valence-corrected chi connectivity index (χ1v) is 9.01. The van der Waals surface area contributed by atoms with Gasteiger partial charge >= 0.3 is 0 Å². The van der Waals surface area contributed by atoms with Gasteiger partial charge in [0.1, 0.15) is 5.82 Å². The van der Waals surface area contributed by atoms with Gasteiger partial charge in [-0.3, -0.25) is 0 Å². The van der Waals surface area contributed by atoms with Crippen LogP contribution in [0.3, 0.4) is 0 Å². The quantitative estimate of drug-likeness (QED) is 0.834. The van der Waals surface area contributed by atoms with Crippen LogP contribution in [0, 0.1) is 0 Å². The second kappa shape index (κ2) is 8.67. The molecule has 0 spiro atoms. The summed E-state index contributed by atoms with van der Waals surface area (Å²) in [6.45, 7) is 6.53. The molecule has 1 aromatic heterocycles. The van der Waals surface area contributed by atoms with Crippen LogP contribution in [0.15, 0.2) is 36.5 Å². The maximum Gasteiger partial charge on any atom is 0.229 e. The number of unbranched alkanes of at least 4 members (excludes halogenated alkanes) is 1. The van der Waals surface area contributed by atoms with E-state index in [1.807, 2.05) is 18.3 Å². The minimum absolute atomic E-state index is 0.626. The van der Waals surface area contributed by atoms with Crippen LogP contribution in [0.4, 0.5) is 23.1 Å². The SMILES string of the molecule is CCCCN(C)c1ccnc(Nc2ccccc2N2CCOCC2)n1. The van der Waals surface area contributed by atoms with Crippen molar-refractivity contribution in [2.45, 2.75) is 19.8 Å². The normalized spacial score (nSPS) is 14.4. The van der Waals surface area contributed by atoms with Crippen molar-refractivity contribution >= 4 is 23.1 Å². The molecule has 1 aromatic carbocycles. The highest BCUT2D eigenvalue weighted by atomic mass is 16.5. The van der Waals surface area contributed by atoms with Gasteiger partial charge in [0.05, 0.1) is 24.6 Å². The molecule has 1 N–H and O–H groups in total. The fourth-order valence-corrected chi connectivity index (χ4v) is 2.91. The summed E-state index contributed by atoms with van der Waals surface area (Å²) in [5.74, 6) is 1.57. The van der Waals surface area contributed by atoms with Crippen LogP contribution in [0.5, 0.6) is 0 Å². The van der Waals surface area contributed by atoms with E-state index in [1.54, 1.807) is 0 Å². The van der Waals surface area contributed by atoms with Crippen LogP contribution in [0.1, 0.15) is 19.8 Å². The largest absolute Gasteiger partial charge is 0.378 e. The van der Waals surface area contributed by atoms with Gasteiger partial charge in [-0.15, -0.1) is 0 Å². The summed E-state index contributed by atoms with van der Waals surface area (Å²) in [6, 6.07) is 10.2. The Balaban J connectivity index is 1.76. The lowest BCUT2D eigenvalue weighted by Crippen LogP contribution is -2.36. The van der Waals surface area contributed by atoms with Gasteiger partial charge in [-0.1, -0.05) is 25.5 Å². The van der Waals surface area contributed by atoms with E-state index in [0.717, 1.165) is 50.8 Å². The second-order valence-corrected chi connectivity index (χ2v) is 6.26.